The topological polar surface area (TPSA) is 89.0 Å². The number of ether oxygens (including phenoxy) is 1. The van der Waals surface area contributed by atoms with Crippen LogP contribution in [0.25, 0.3) is 0 Å². The summed E-state index contributed by atoms with van der Waals surface area (Å²) in [6.45, 7) is 0.377. The number of carbonyl (C=O) groups is 1. The van der Waals surface area contributed by atoms with Gasteiger partial charge < -0.3 is 15.4 Å². The summed E-state index contributed by atoms with van der Waals surface area (Å²) in [5.74, 6) is 1.54. The van der Waals surface area contributed by atoms with E-state index < -0.39 is 0 Å². The summed E-state index contributed by atoms with van der Waals surface area (Å²) >= 11 is 0. The van der Waals surface area contributed by atoms with Gasteiger partial charge in [-0.1, -0.05) is 24.3 Å². The summed E-state index contributed by atoms with van der Waals surface area (Å²) in [6.07, 6.45) is 4.94. The number of nitrogens with one attached hydrogen (secondary N) is 2. The normalized spacial score (nSPS) is 10.3. The fourth-order valence-electron chi connectivity index (χ4n) is 2.68. The van der Waals surface area contributed by atoms with E-state index in [1.54, 1.807) is 24.7 Å². The lowest BCUT2D eigenvalue weighted by atomic mass is 10.3. The van der Waals surface area contributed by atoms with Crippen molar-refractivity contribution in [3.8, 4) is 11.5 Å². The predicted molar refractivity (Wildman–Crippen MR) is 114 cm³/mol. The third-order valence-corrected chi connectivity index (χ3v) is 4.15. The number of para-hydroxylation sites is 1. The Bertz CT molecular complexity index is 1100. The quantitative estimate of drug-likeness (QED) is 0.482. The zero-order chi connectivity index (χ0) is 20.6. The number of anilines is 2. The molecule has 0 saturated heterocycles. The molecule has 7 nitrogen and oxygen atoms in total. The molecule has 0 aliphatic rings. The summed E-state index contributed by atoms with van der Waals surface area (Å²) in [5, 5.41) is 5.92. The maximum absolute atomic E-state index is 12.4. The van der Waals surface area contributed by atoms with Crippen LogP contribution in [-0.2, 0) is 6.54 Å². The molecule has 0 radical (unpaired) electrons. The monoisotopic (exact) mass is 397 g/mol. The van der Waals surface area contributed by atoms with Crippen molar-refractivity contribution >= 4 is 17.5 Å². The summed E-state index contributed by atoms with van der Waals surface area (Å²) in [6, 6.07) is 22.3. The first-order valence-corrected chi connectivity index (χ1v) is 9.36. The second-order valence-electron chi connectivity index (χ2n) is 6.37. The van der Waals surface area contributed by atoms with E-state index in [2.05, 4.69) is 25.6 Å². The van der Waals surface area contributed by atoms with Crippen LogP contribution in [0.5, 0.6) is 11.5 Å². The number of carbonyl (C=O) groups excluding carboxylic acids is 1. The van der Waals surface area contributed by atoms with Gasteiger partial charge in [0.05, 0.1) is 0 Å². The van der Waals surface area contributed by atoms with Crippen molar-refractivity contribution in [1.82, 2.24) is 20.3 Å². The molecule has 2 heterocycles. The van der Waals surface area contributed by atoms with Gasteiger partial charge in [0.25, 0.3) is 5.91 Å². The number of amides is 1. The lowest BCUT2D eigenvalue weighted by Crippen LogP contribution is -2.24. The Morgan fingerprint density at radius 1 is 0.867 bits per heavy atom. The fourth-order valence-corrected chi connectivity index (χ4v) is 2.68. The SMILES string of the molecule is O=C(NCc1cccnc1)c1ccnc(Nc2ccc(Oc3ccccc3)cc2)n1. The number of benzene rings is 2. The molecule has 0 bridgehead atoms. The zero-order valence-electron chi connectivity index (χ0n) is 16.0. The average Bonchev–Trinajstić information content (AvgIpc) is 2.80. The molecule has 2 aromatic carbocycles. The van der Waals surface area contributed by atoms with Gasteiger partial charge in [-0.25, -0.2) is 9.97 Å². The zero-order valence-corrected chi connectivity index (χ0v) is 16.0. The summed E-state index contributed by atoms with van der Waals surface area (Å²) in [7, 11) is 0. The highest BCUT2D eigenvalue weighted by atomic mass is 16.5. The molecule has 2 N–H and O–H groups in total. The highest BCUT2D eigenvalue weighted by molar-refractivity contribution is 5.92. The largest absolute Gasteiger partial charge is 0.457 e. The maximum Gasteiger partial charge on any atom is 0.270 e. The molecule has 0 unspecified atom stereocenters. The number of rotatable bonds is 7. The Morgan fingerprint density at radius 3 is 2.43 bits per heavy atom. The molecule has 4 aromatic rings. The van der Waals surface area contributed by atoms with Gasteiger partial charge in [-0.15, -0.1) is 0 Å². The molecule has 148 valence electrons. The van der Waals surface area contributed by atoms with Crippen LogP contribution in [0.4, 0.5) is 11.6 Å². The standard InChI is InChI=1S/C23H19N5O2/c29-22(26-16-17-5-4-13-24-15-17)21-12-14-25-23(28-21)27-18-8-10-20(11-9-18)30-19-6-2-1-3-7-19/h1-15H,16H2,(H,26,29)(H,25,27,28). The Kier molecular flexibility index (Phi) is 5.91. The lowest BCUT2D eigenvalue weighted by Gasteiger charge is -2.09. The van der Waals surface area contributed by atoms with E-state index in [9.17, 15) is 4.79 Å². The van der Waals surface area contributed by atoms with Gasteiger partial charge >= 0.3 is 0 Å². The number of hydrogen-bond donors (Lipinski definition) is 2. The fraction of sp³-hybridized carbons (Fsp3) is 0.0435. The molecule has 0 aliphatic heterocycles. The smallest absolute Gasteiger partial charge is 0.270 e. The number of pyridine rings is 1. The molecular formula is C23H19N5O2. The van der Waals surface area contributed by atoms with Crippen molar-refractivity contribution in [2.24, 2.45) is 0 Å². The van der Waals surface area contributed by atoms with Crippen LogP contribution < -0.4 is 15.4 Å². The van der Waals surface area contributed by atoms with Crippen LogP contribution in [0.15, 0.2) is 91.4 Å². The second-order valence-corrected chi connectivity index (χ2v) is 6.37. The van der Waals surface area contributed by atoms with Crippen molar-refractivity contribution in [2.45, 2.75) is 6.54 Å². The predicted octanol–water partition coefficient (Wildman–Crippen LogP) is 4.34. The molecular weight excluding hydrogens is 378 g/mol. The van der Waals surface area contributed by atoms with E-state index in [1.165, 1.54) is 0 Å². The molecule has 4 rings (SSSR count). The van der Waals surface area contributed by atoms with E-state index in [1.807, 2.05) is 66.7 Å². The number of aromatic nitrogens is 3. The van der Waals surface area contributed by atoms with Crippen molar-refractivity contribution < 1.29 is 9.53 Å². The Hall–Kier alpha value is -4.26. The van der Waals surface area contributed by atoms with E-state index in [0.29, 0.717) is 12.5 Å². The highest BCUT2D eigenvalue weighted by Gasteiger charge is 2.09. The van der Waals surface area contributed by atoms with Gasteiger partial charge in [-0.2, -0.15) is 0 Å². The molecule has 1 amide bonds. The van der Waals surface area contributed by atoms with Crippen molar-refractivity contribution in [3.63, 3.8) is 0 Å². The molecule has 30 heavy (non-hydrogen) atoms. The van der Waals surface area contributed by atoms with E-state index in [4.69, 9.17) is 4.74 Å². The van der Waals surface area contributed by atoms with E-state index in [-0.39, 0.29) is 11.6 Å². The van der Waals surface area contributed by atoms with Gasteiger partial charge in [-0.05, 0) is 54.1 Å². The highest BCUT2D eigenvalue weighted by Crippen LogP contribution is 2.23. The molecule has 0 aliphatic carbocycles. The maximum atomic E-state index is 12.4. The van der Waals surface area contributed by atoms with E-state index in [0.717, 1.165) is 22.7 Å². The molecule has 0 atom stereocenters. The third-order valence-electron chi connectivity index (χ3n) is 4.15. The van der Waals surface area contributed by atoms with Crippen LogP contribution in [0.3, 0.4) is 0 Å². The summed E-state index contributed by atoms with van der Waals surface area (Å²) in [4.78, 5) is 24.9. The molecule has 7 heteroatoms. The van der Waals surface area contributed by atoms with Gasteiger partial charge in [-0.3, -0.25) is 9.78 Å². The molecule has 2 aromatic heterocycles. The molecule has 0 fully saturated rings. The van der Waals surface area contributed by atoms with Crippen LogP contribution in [0.1, 0.15) is 16.1 Å². The van der Waals surface area contributed by atoms with Gasteiger partial charge in [0, 0.05) is 30.8 Å². The Balaban J connectivity index is 1.37. The van der Waals surface area contributed by atoms with Crippen LogP contribution >= 0.6 is 0 Å². The van der Waals surface area contributed by atoms with Crippen molar-refractivity contribution in [2.75, 3.05) is 5.32 Å². The molecule has 0 spiro atoms. The minimum absolute atomic E-state index is 0.278. The Morgan fingerprint density at radius 2 is 1.67 bits per heavy atom. The van der Waals surface area contributed by atoms with Gasteiger partial charge in [0.2, 0.25) is 5.95 Å². The van der Waals surface area contributed by atoms with Gasteiger partial charge in [0.15, 0.2) is 0 Å². The Labute approximate surface area is 173 Å². The number of nitrogens with zero attached hydrogens (tertiary/aromatic N) is 3. The molecule has 0 saturated carbocycles. The first-order chi connectivity index (χ1) is 14.8. The first-order valence-electron chi connectivity index (χ1n) is 9.36. The third kappa shape index (κ3) is 5.17. The van der Waals surface area contributed by atoms with Crippen molar-refractivity contribution in [1.29, 1.82) is 0 Å². The first kappa shape index (κ1) is 19.1. The second kappa shape index (κ2) is 9.29. The minimum Gasteiger partial charge on any atom is -0.457 e. The summed E-state index contributed by atoms with van der Waals surface area (Å²) in [5.41, 5.74) is 1.97. The average molecular weight is 397 g/mol. The number of hydrogen-bond acceptors (Lipinski definition) is 6. The van der Waals surface area contributed by atoms with E-state index >= 15 is 0 Å². The van der Waals surface area contributed by atoms with Crippen LogP contribution in [-0.4, -0.2) is 20.9 Å². The van der Waals surface area contributed by atoms with Crippen LogP contribution in [0.2, 0.25) is 0 Å². The minimum atomic E-state index is -0.282. The lowest BCUT2D eigenvalue weighted by molar-refractivity contribution is 0.0946. The summed E-state index contributed by atoms with van der Waals surface area (Å²) < 4.78 is 5.78. The van der Waals surface area contributed by atoms with Crippen LogP contribution in [0, 0.1) is 0 Å². The van der Waals surface area contributed by atoms with Crippen molar-refractivity contribution in [3.05, 3.63) is 103 Å². The van der Waals surface area contributed by atoms with Gasteiger partial charge in [0.1, 0.15) is 17.2 Å².